The Kier molecular flexibility index (Phi) is 4.50. The molecule has 0 aliphatic rings. The summed E-state index contributed by atoms with van der Waals surface area (Å²) in [5.41, 5.74) is 0.361. The van der Waals surface area contributed by atoms with Crippen molar-refractivity contribution in [1.29, 1.82) is 0 Å². The normalized spacial score (nSPS) is 11.7. The molecule has 18 heavy (non-hydrogen) atoms. The highest BCUT2D eigenvalue weighted by molar-refractivity contribution is 5.97. The van der Waals surface area contributed by atoms with Crippen LogP contribution in [0.3, 0.4) is 0 Å². The molecule has 2 N–H and O–H groups in total. The number of rotatable bonds is 4. The third kappa shape index (κ3) is 3.36. The van der Waals surface area contributed by atoms with Crippen LogP contribution in [0.5, 0.6) is 0 Å². The number of aromatic carboxylic acids is 1. The lowest BCUT2D eigenvalue weighted by Crippen LogP contribution is -2.37. The van der Waals surface area contributed by atoms with Crippen LogP contribution in [0.25, 0.3) is 0 Å². The second-order valence-corrected chi connectivity index (χ2v) is 4.25. The first-order valence-corrected chi connectivity index (χ1v) is 5.56. The van der Waals surface area contributed by atoms with Gasteiger partial charge in [-0.1, -0.05) is 25.8 Å². The number of terminal acetylenes is 1. The van der Waals surface area contributed by atoms with Crippen molar-refractivity contribution in [3.05, 3.63) is 35.4 Å². The molecular formula is C14H15NO3. The lowest BCUT2D eigenvalue weighted by Gasteiger charge is -2.16. The molecule has 0 heterocycles. The molecule has 0 saturated carbocycles. The zero-order chi connectivity index (χ0) is 13.7. The maximum absolute atomic E-state index is 11.9. The topological polar surface area (TPSA) is 66.4 Å². The van der Waals surface area contributed by atoms with Crippen molar-refractivity contribution in [3.8, 4) is 12.3 Å². The molecule has 1 aromatic rings. The summed E-state index contributed by atoms with van der Waals surface area (Å²) in [6.45, 7) is 3.80. The lowest BCUT2D eigenvalue weighted by atomic mass is 10.0. The van der Waals surface area contributed by atoms with Gasteiger partial charge in [0.15, 0.2) is 0 Å². The summed E-state index contributed by atoms with van der Waals surface area (Å²) in [4.78, 5) is 22.7. The highest BCUT2D eigenvalue weighted by Crippen LogP contribution is 2.07. The van der Waals surface area contributed by atoms with Gasteiger partial charge in [0.1, 0.15) is 0 Å². The standard InChI is InChI=1S/C14H15NO3/c1-4-12(9(2)3)15-13(16)10-6-5-7-11(8-10)14(17)18/h1,5-9,12H,2-3H3,(H,15,16)(H,17,18). The van der Waals surface area contributed by atoms with Crippen molar-refractivity contribution < 1.29 is 14.7 Å². The highest BCUT2D eigenvalue weighted by atomic mass is 16.4. The average Bonchev–Trinajstić information content (AvgIpc) is 2.35. The minimum absolute atomic E-state index is 0.0736. The number of carboxylic acid groups (broad SMARTS) is 1. The van der Waals surface area contributed by atoms with E-state index in [2.05, 4.69) is 11.2 Å². The van der Waals surface area contributed by atoms with Gasteiger partial charge in [-0.3, -0.25) is 4.79 Å². The molecule has 1 unspecified atom stereocenters. The van der Waals surface area contributed by atoms with Crippen molar-refractivity contribution in [3.63, 3.8) is 0 Å². The molecular weight excluding hydrogens is 230 g/mol. The highest BCUT2D eigenvalue weighted by Gasteiger charge is 2.15. The van der Waals surface area contributed by atoms with E-state index in [0.29, 0.717) is 0 Å². The Hall–Kier alpha value is -2.28. The lowest BCUT2D eigenvalue weighted by molar-refractivity contribution is 0.0697. The summed E-state index contributed by atoms with van der Waals surface area (Å²) in [7, 11) is 0. The number of amides is 1. The molecule has 4 nitrogen and oxygen atoms in total. The molecule has 4 heteroatoms. The SMILES string of the molecule is C#CC(NC(=O)c1cccc(C(=O)O)c1)C(C)C. The summed E-state index contributed by atoms with van der Waals surface area (Å²) >= 11 is 0. The molecule has 0 fully saturated rings. The molecule has 1 rings (SSSR count). The molecule has 1 amide bonds. The van der Waals surface area contributed by atoms with Gasteiger partial charge in [-0.25, -0.2) is 4.79 Å². The smallest absolute Gasteiger partial charge is 0.335 e. The van der Waals surface area contributed by atoms with E-state index < -0.39 is 5.97 Å². The Morgan fingerprint density at radius 3 is 2.44 bits per heavy atom. The van der Waals surface area contributed by atoms with Crippen LogP contribution in [-0.2, 0) is 0 Å². The van der Waals surface area contributed by atoms with Gasteiger partial charge in [-0.2, -0.15) is 0 Å². The van der Waals surface area contributed by atoms with Gasteiger partial charge < -0.3 is 10.4 Å². The Balaban J connectivity index is 2.88. The summed E-state index contributed by atoms with van der Waals surface area (Å²) in [5.74, 6) is 1.17. The fraction of sp³-hybridized carbons (Fsp3) is 0.286. The first-order chi connectivity index (χ1) is 8.45. The molecule has 94 valence electrons. The fourth-order valence-electron chi connectivity index (χ4n) is 1.42. The van der Waals surface area contributed by atoms with Crippen molar-refractivity contribution in [2.45, 2.75) is 19.9 Å². The van der Waals surface area contributed by atoms with Crippen LogP contribution in [-0.4, -0.2) is 23.0 Å². The number of hydrogen-bond donors (Lipinski definition) is 2. The number of carbonyl (C=O) groups excluding carboxylic acids is 1. The van der Waals surface area contributed by atoms with Crippen molar-refractivity contribution >= 4 is 11.9 Å². The van der Waals surface area contributed by atoms with Gasteiger partial charge in [0.25, 0.3) is 5.91 Å². The molecule has 0 aliphatic carbocycles. The molecule has 1 atom stereocenters. The molecule has 1 aromatic carbocycles. The van der Waals surface area contributed by atoms with Gasteiger partial charge in [0.05, 0.1) is 11.6 Å². The first kappa shape index (κ1) is 13.8. The Morgan fingerprint density at radius 1 is 1.33 bits per heavy atom. The van der Waals surface area contributed by atoms with Gasteiger partial charge >= 0.3 is 5.97 Å². The quantitative estimate of drug-likeness (QED) is 0.794. The number of hydrogen-bond acceptors (Lipinski definition) is 2. The van der Waals surface area contributed by atoms with Crippen LogP contribution >= 0.6 is 0 Å². The van der Waals surface area contributed by atoms with E-state index in [1.165, 1.54) is 18.2 Å². The van der Waals surface area contributed by atoms with Gasteiger partial charge in [0, 0.05) is 5.56 Å². The van der Waals surface area contributed by atoms with E-state index >= 15 is 0 Å². The summed E-state index contributed by atoms with van der Waals surface area (Å²) < 4.78 is 0. The van der Waals surface area contributed by atoms with Crippen LogP contribution in [0.4, 0.5) is 0 Å². The van der Waals surface area contributed by atoms with E-state index in [1.807, 2.05) is 13.8 Å². The average molecular weight is 245 g/mol. The molecule has 0 aliphatic heterocycles. The number of benzene rings is 1. The van der Waals surface area contributed by atoms with E-state index in [-0.39, 0.29) is 29.0 Å². The Labute approximate surface area is 106 Å². The molecule has 0 saturated heterocycles. The van der Waals surface area contributed by atoms with E-state index in [9.17, 15) is 9.59 Å². The van der Waals surface area contributed by atoms with Crippen LogP contribution < -0.4 is 5.32 Å². The molecule has 0 aromatic heterocycles. The van der Waals surface area contributed by atoms with Gasteiger partial charge in [0.2, 0.25) is 0 Å². The monoisotopic (exact) mass is 245 g/mol. The number of carbonyl (C=O) groups is 2. The zero-order valence-corrected chi connectivity index (χ0v) is 10.3. The minimum Gasteiger partial charge on any atom is -0.478 e. The Morgan fingerprint density at radius 2 is 1.94 bits per heavy atom. The fourth-order valence-corrected chi connectivity index (χ4v) is 1.42. The zero-order valence-electron chi connectivity index (χ0n) is 10.3. The number of carboxylic acids is 1. The van der Waals surface area contributed by atoms with Crippen LogP contribution in [0, 0.1) is 18.3 Å². The molecule has 0 radical (unpaired) electrons. The van der Waals surface area contributed by atoms with Gasteiger partial charge in [-0.05, 0) is 24.1 Å². The maximum atomic E-state index is 11.9. The third-order valence-electron chi connectivity index (χ3n) is 2.50. The van der Waals surface area contributed by atoms with Crippen molar-refractivity contribution in [2.24, 2.45) is 5.92 Å². The van der Waals surface area contributed by atoms with E-state index in [1.54, 1.807) is 6.07 Å². The van der Waals surface area contributed by atoms with Crippen molar-refractivity contribution in [2.75, 3.05) is 0 Å². The van der Waals surface area contributed by atoms with Crippen LogP contribution in [0.1, 0.15) is 34.6 Å². The Bertz CT molecular complexity index is 500. The largest absolute Gasteiger partial charge is 0.478 e. The maximum Gasteiger partial charge on any atom is 0.335 e. The van der Waals surface area contributed by atoms with Crippen LogP contribution in [0.15, 0.2) is 24.3 Å². The summed E-state index contributed by atoms with van der Waals surface area (Å²) in [6.07, 6.45) is 5.32. The predicted octanol–water partition coefficient (Wildman–Crippen LogP) is 1.77. The first-order valence-electron chi connectivity index (χ1n) is 5.56. The summed E-state index contributed by atoms with van der Waals surface area (Å²) in [6, 6.07) is 5.46. The van der Waals surface area contributed by atoms with Crippen molar-refractivity contribution in [1.82, 2.24) is 5.32 Å². The molecule has 0 bridgehead atoms. The predicted molar refractivity (Wildman–Crippen MR) is 68.3 cm³/mol. The second kappa shape index (κ2) is 5.87. The third-order valence-corrected chi connectivity index (χ3v) is 2.50. The minimum atomic E-state index is -1.07. The van der Waals surface area contributed by atoms with E-state index in [4.69, 9.17) is 11.5 Å². The van der Waals surface area contributed by atoms with Gasteiger partial charge in [-0.15, -0.1) is 6.42 Å². The molecule has 0 spiro atoms. The second-order valence-electron chi connectivity index (χ2n) is 4.25. The summed E-state index contributed by atoms with van der Waals surface area (Å²) in [5, 5.41) is 11.5. The van der Waals surface area contributed by atoms with Crippen LogP contribution in [0.2, 0.25) is 0 Å². The number of nitrogens with one attached hydrogen (secondary N) is 1. The van der Waals surface area contributed by atoms with E-state index in [0.717, 1.165) is 0 Å².